The van der Waals surface area contributed by atoms with Crippen molar-refractivity contribution in [3.63, 3.8) is 0 Å². The third-order valence-electron chi connectivity index (χ3n) is 1.63. The first-order valence-corrected chi connectivity index (χ1v) is 5.19. The molecule has 0 spiro atoms. The summed E-state index contributed by atoms with van der Waals surface area (Å²) in [4.78, 5) is 0. The molecule has 0 aromatic rings. The van der Waals surface area contributed by atoms with Crippen molar-refractivity contribution in [1.82, 2.24) is 0 Å². The summed E-state index contributed by atoms with van der Waals surface area (Å²) in [6.07, 6.45) is 0.651. The van der Waals surface area contributed by atoms with Crippen molar-refractivity contribution < 1.29 is 8.42 Å². The van der Waals surface area contributed by atoms with Crippen LogP contribution in [0.25, 0.3) is 0 Å². The minimum atomic E-state index is -2.31. The fourth-order valence-corrected chi connectivity index (χ4v) is 3.64. The fourth-order valence-electron chi connectivity index (χ4n) is 0.586. The smallest absolute Gasteiger partial charge is 0.147 e. The molecule has 0 saturated heterocycles. The molecule has 1 unspecified atom stereocenters. The molecule has 0 radical (unpaired) electrons. The van der Waals surface area contributed by atoms with E-state index in [1.54, 1.807) is 6.92 Å². The predicted octanol–water partition coefficient (Wildman–Crippen LogP) is 1.25. The van der Waals surface area contributed by atoms with Gasteiger partial charge < -0.3 is 0 Å². The molecule has 9 heavy (non-hydrogen) atoms. The molecule has 2 nitrogen and oxygen atoms in total. The van der Waals surface area contributed by atoms with Gasteiger partial charge in [0.2, 0.25) is 0 Å². The summed E-state index contributed by atoms with van der Waals surface area (Å²) < 4.78 is 20.0. The van der Waals surface area contributed by atoms with Crippen LogP contribution in [0, 0.1) is 0 Å². The summed E-state index contributed by atoms with van der Waals surface area (Å²) >= 11 is 6.48. The van der Waals surface area contributed by atoms with E-state index in [9.17, 15) is 8.42 Å². The average molecular weight is 278 g/mol. The second-order valence-corrected chi connectivity index (χ2v) is 7.69. The number of thiol groups is 1. The molecule has 1 atom stereocenters. The summed E-state index contributed by atoms with van der Waals surface area (Å²) in [7, 11) is -2.31. The Morgan fingerprint density at radius 2 is 1.78 bits per heavy atom. The van der Waals surface area contributed by atoms with Crippen molar-refractivity contribution in [3.05, 3.63) is 0 Å². The predicted molar refractivity (Wildman–Crippen MR) is 43.9 cm³/mol. The van der Waals surface area contributed by atoms with Gasteiger partial charge in [-0.15, -0.1) is 0 Å². The van der Waals surface area contributed by atoms with Crippen LogP contribution in [0.3, 0.4) is 0 Å². The van der Waals surface area contributed by atoms with E-state index in [0.29, 0.717) is 6.42 Å². The van der Waals surface area contributed by atoms with E-state index in [1.165, 1.54) is 0 Å². The maximum atomic E-state index is 10.5. The van der Waals surface area contributed by atoms with Gasteiger partial charge in [-0.1, -0.05) is 31.9 Å². The monoisotopic (exact) mass is 276 g/mol. The second-order valence-electron chi connectivity index (χ2n) is 2.41. The highest BCUT2D eigenvalue weighted by atomic mass is 79.9. The van der Waals surface area contributed by atoms with Gasteiger partial charge >= 0.3 is 0 Å². The highest BCUT2D eigenvalue weighted by Crippen LogP contribution is 2.61. The van der Waals surface area contributed by atoms with E-state index in [-0.39, 0.29) is 3.23 Å². The number of hydrogen-bond donors (Lipinski definition) is 1. The van der Waals surface area contributed by atoms with Crippen LogP contribution in [0.5, 0.6) is 0 Å². The zero-order valence-electron chi connectivity index (χ0n) is 4.73. The van der Waals surface area contributed by atoms with Crippen molar-refractivity contribution in [1.29, 1.82) is 0 Å². The van der Waals surface area contributed by atoms with Crippen LogP contribution >= 0.6 is 31.9 Å². The molecule has 1 saturated carbocycles. The summed E-state index contributed by atoms with van der Waals surface area (Å²) in [6.45, 7) is 1.71. The van der Waals surface area contributed by atoms with E-state index in [4.69, 9.17) is 0 Å². The summed E-state index contributed by atoms with van der Waals surface area (Å²) in [5.41, 5.74) is 0. The lowest BCUT2D eigenvalue weighted by atomic mass is 10.5. The highest BCUT2D eigenvalue weighted by Gasteiger charge is 2.64. The van der Waals surface area contributed by atoms with E-state index < -0.39 is 15.5 Å². The van der Waals surface area contributed by atoms with Crippen LogP contribution in [-0.2, 0) is 10.7 Å². The van der Waals surface area contributed by atoms with Crippen molar-refractivity contribution in [2.45, 2.75) is 21.3 Å². The second kappa shape index (κ2) is 1.95. The molecular weight excluding hydrogens is 272 g/mol. The molecule has 0 bridgehead atoms. The van der Waals surface area contributed by atoms with Gasteiger partial charge in [-0.05, 0) is 13.3 Å². The molecule has 0 N–H and O–H groups in total. The third kappa shape index (κ3) is 1.07. The minimum Gasteiger partial charge on any atom is -0.231 e. The molecule has 1 rings (SSSR count). The molecule has 0 aromatic heterocycles. The van der Waals surface area contributed by atoms with Crippen LogP contribution in [0.2, 0.25) is 0 Å². The lowest BCUT2D eigenvalue weighted by Crippen LogP contribution is -2.12. The molecule has 0 aliphatic heterocycles. The lowest BCUT2D eigenvalue weighted by Gasteiger charge is -2.00. The van der Waals surface area contributed by atoms with Crippen LogP contribution in [0.15, 0.2) is 0 Å². The molecule has 0 aromatic carbocycles. The van der Waals surface area contributed by atoms with Gasteiger partial charge in [0.1, 0.15) is 13.9 Å². The van der Waals surface area contributed by atoms with Crippen LogP contribution < -0.4 is 0 Å². The standard InChI is InChI=1S/C4H6Br2O2S/c1-3(9(7)8)2-4(3,5)6/h9H,2H2,1H3. The van der Waals surface area contributed by atoms with Crippen molar-refractivity contribution >= 4 is 42.6 Å². The number of rotatable bonds is 1. The minimum absolute atomic E-state index is 0.345. The first-order chi connectivity index (χ1) is 3.90. The lowest BCUT2D eigenvalue weighted by molar-refractivity contribution is 0.602. The van der Waals surface area contributed by atoms with Crippen LogP contribution in [0.1, 0.15) is 13.3 Å². The van der Waals surface area contributed by atoms with Gasteiger partial charge in [0, 0.05) is 0 Å². The van der Waals surface area contributed by atoms with Gasteiger partial charge in [0.25, 0.3) is 0 Å². The Hall–Kier alpha value is 0.910. The van der Waals surface area contributed by atoms with E-state index in [2.05, 4.69) is 31.9 Å². The maximum absolute atomic E-state index is 10.5. The summed E-state index contributed by atoms with van der Waals surface area (Å²) in [6, 6.07) is 0. The van der Waals surface area contributed by atoms with Crippen molar-refractivity contribution in [3.8, 4) is 0 Å². The molecule has 0 amide bonds. The Kier molecular flexibility index (Phi) is 1.74. The van der Waals surface area contributed by atoms with E-state index in [0.717, 1.165) is 0 Å². The average Bonchev–Trinajstić information content (AvgIpc) is 2.08. The number of halogens is 2. The zero-order chi connectivity index (χ0) is 7.28. The normalized spacial score (nSPS) is 39.1. The van der Waals surface area contributed by atoms with Gasteiger partial charge in [-0.25, -0.2) is 8.42 Å². The van der Waals surface area contributed by atoms with Gasteiger partial charge in [0.05, 0.1) is 4.75 Å². The van der Waals surface area contributed by atoms with Crippen LogP contribution in [-0.4, -0.2) is 16.4 Å². The maximum Gasteiger partial charge on any atom is 0.147 e. The quantitative estimate of drug-likeness (QED) is 0.578. The molecule has 54 valence electrons. The van der Waals surface area contributed by atoms with Gasteiger partial charge in [-0.3, -0.25) is 0 Å². The Balaban J connectivity index is 2.86. The third-order valence-corrected chi connectivity index (χ3v) is 5.90. The van der Waals surface area contributed by atoms with Crippen molar-refractivity contribution in [2.24, 2.45) is 0 Å². The molecule has 1 aliphatic carbocycles. The number of hydrogen-bond acceptors (Lipinski definition) is 2. The van der Waals surface area contributed by atoms with Gasteiger partial charge in [-0.2, -0.15) is 0 Å². The van der Waals surface area contributed by atoms with Gasteiger partial charge in [0.15, 0.2) is 0 Å². The summed E-state index contributed by atoms with van der Waals surface area (Å²) in [5, 5.41) is 0. The molecule has 1 fully saturated rings. The van der Waals surface area contributed by atoms with E-state index >= 15 is 0 Å². The Morgan fingerprint density at radius 3 is 1.78 bits per heavy atom. The first-order valence-electron chi connectivity index (χ1n) is 2.42. The largest absolute Gasteiger partial charge is 0.231 e. The van der Waals surface area contributed by atoms with E-state index in [1.807, 2.05) is 0 Å². The van der Waals surface area contributed by atoms with Crippen LogP contribution in [0.4, 0.5) is 0 Å². The number of alkyl halides is 2. The fraction of sp³-hybridized carbons (Fsp3) is 1.00. The Morgan fingerprint density at radius 1 is 1.44 bits per heavy atom. The first kappa shape index (κ1) is 8.01. The SMILES string of the molecule is CC1([SH](=O)=O)CC1(Br)Br. The highest BCUT2D eigenvalue weighted by molar-refractivity contribution is 9.25. The molecular formula is C4H6Br2O2S. The molecule has 0 heterocycles. The summed E-state index contributed by atoms with van der Waals surface area (Å²) in [5.74, 6) is 0. The van der Waals surface area contributed by atoms with Crippen molar-refractivity contribution in [2.75, 3.05) is 0 Å². The molecule has 1 aliphatic rings. The molecule has 5 heteroatoms. The zero-order valence-corrected chi connectivity index (χ0v) is 8.79. The Bertz CT molecular complexity index is 203. The Labute approximate surface area is 72.2 Å². The topological polar surface area (TPSA) is 34.1 Å².